The Morgan fingerprint density at radius 1 is 1.37 bits per heavy atom. The maximum atomic E-state index is 12.2. The lowest BCUT2D eigenvalue weighted by atomic mass is 10.1. The molecule has 0 aliphatic carbocycles. The van der Waals surface area contributed by atoms with Gasteiger partial charge in [0, 0.05) is 14.9 Å². The van der Waals surface area contributed by atoms with Crippen molar-refractivity contribution in [2.75, 3.05) is 0 Å². The molecule has 0 aliphatic rings. The zero-order valence-corrected chi connectivity index (χ0v) is 13.7. The molecule has 0 saturated carbocycles. The zero-order valence-electron chi connectivity index (χ0n) is 10.5. The molecule has 1 unspecified atom stereocenters. The first-order chi connectivity index (χ1) is 8.97. The number of benzene rings is 1. The number of thiophene rings is 1. The second-order valence-electron chi connectivity index (χ2n) is 4.30. The first-order valence-electron chi connectivity index (χ1n) is 5.79. The van der Waals surface area contributed by atoms with Crippen LogP contribution in [-0.2, 0) is 0 Å². The zero-order chi connectivity index (χ0) is 14.0. The second kappa shape index (κ2) is 6.07. The highest BCUT2D eigenvalue weighted by molar-refractivity contribution is 9.10. The van der Waals surface area contributed by atoms with E-state index < -0.39 is 0 Å². The third-order valence-corrected chi connectivity index (χ3v) is 4.72. The van der Waals surface area contributed by atoms with E-state index in [4.69, 9.17) is 11.6 Å². The summed E-state index contributed by atoms with van der Waals surface area (Å²) in [4.78, 5) is 13.3. The number of rotatable bonds is 3. The smallest absolute Gasteiger partial charge is 0.252 e. The summed E-state index contributed by atoms with van der Waals surface area (Å²) < 4.78 is 1.63. The van der Waals surface area contributed by atoms with E-state index >= 15 is 0 Å². The average molecular weight is 359 g/mol. The second-order valence-corrected chi connectivity index (χ2v) is 6.96. The van der Waals surface area contributed by atoms with E-state index in [9.17, 15) is 4.79 Å². The van der Waals surface area contributed by atoms with E-state index in [1.165, 1.54) is 11.3 Å². The van der Waals surface area contributed by atoms with Crippen LogP contribution in [0.1, 0.15) is 33.8 Å². The van der Waals surface area contributed by atoms with Gasteiger partial charge in [0.15, 0.2) is 0 Å². The van der Waals surface area contributed by atoms with Crippen LogP contribution in [0.2, 0.25) is 4.34 Å². The van der Waals surface area contributed by atoms with Crippen molar-refractivity contribution in [2.45, 2.75) is 19.9 Å². The van der Waals surface area contributed by atoms with Crippen LogP contribution in [0, 0.1) is 6.92 Å². The Hall–Kier alpha value is -0.840. The molecular weight excluding hydrogens is 346 g/mol. The molecule has 0 aliphatic heterocycles. The number of halogens is 2. The summed E-state index contributed by atoms with van der Waals surface area (Å²) >= 11 is 10.8. The summed E-state index contributed by atoms with van der Waals surface area (Å²) in [7, 11) is 0. The normalized spacial score (nSPS) is 12.2. The van der Waals surface area contributed by atoms with Crippen LogP contribution in [0.15, 0.2) is 34.8 Å². The predicted octanol–water partition coefficient (Wildman–Crippen LogP) is 4.96. The van der Waals surface area contributed by atoms with Gasteiger partial charge < -0.3 is 5.32 Å². The van der Waals surface area contributed by atoms with Crippen molar-refractivity contribution >= 4 is 44.8 Å². The molecule has 1 aromatic heterocycles. The van der Waals surface area contributed by atoms with Gasteiger partial charge in [-0.05, 0) is 43.7 Å². The van der Waals surface area contributed by atoms with Crippen LogP contribution in [0.5, 0.6) is 0 Å². The summed E-state index contributed by atoms with van der Waals surface area (Å²) in [5.41, 5.74) is 1.64. The van der Waals surface area contributed by atoms with Crippen molar-refractivity contribution in [3.63, 3.8) is 0 Å². The van der Waals surface area contributed by atoms with Crippen molar-refractivity contribution in [1.82, 2.24) is 5.32 Å². The number of nitrogens with one attached hydrogen (secondary N) is 1. The summed E-state index contributed by atoms with van der Waals surface area (Å²) in [5, 5.41) is 2.99. The molecule has 0 saturated heterocycles. The Morgan fingerprint density at radius 3 is 2.74 bits per heavy atom. The lowest BCUT2D eigenvalue weighted by Gasteiger charge is -2.13. The molecule has 0 radical (unpaired) electrons. The van der Waals surface area contributed by atoms with Crippen LogP contribution >= 0.6 is 38.9 Å². The first-order valence-corrected chi connectivity index (χ1v) is 7.78. The Morgan fingerprint density at radius 2 is 2.11 bits per heavy atom. The van der Waals surface area contributed by atoms with Gasteiger partial charge in [-0.15, -0.1) is 11.3 Å². The van der Waals surface area contributed by atoms with E-state index in [0.717, 1.165) is 19.2 Å². The molecule has 1 aromatic carbocycles. The molecular formula is C14H13BrClNOS. The van der Waals surface area contributed by atoms with Gasteiger partial charge >= 0.3 is 0 Å². The van der Waals surface area contributed by atoms with Crippen molar-refractivity contribution in [2.24, 2.45) is 0 Å². The predicted molar refractivity (Wildman–Crippen MR) is 84.1 cm³/mol. The van der Waals surface area contributed by atoms with Gasteiger partial charge in [-0.3, -0.25) is 4.79 Å². The van der Waals surface area contributed by atoms with Gasteiger partial charge in [0.25, 0.3) is 5.91 Å². The highest BCUT2D eigenvalue weighted by Crippen LogP contribution is 2.27. The minimum atomic E-state index is -0.0733. The standard InChI is InChI=1S/C14H13BrClNOS/c1-8-3-4-10(15)7-11(8)14(18)17-9(2)12-5-6-13(16)19-12/h3-7,9H,1-2H3,(H,17,18). The van der Waals surface area contributed by atoms with Gasteiger partial charge in [-0.25, -0.2) is 0 Å². The van der Waals surface area contributed by atoms with Crippen molar-refractivity contribution in [3.8, 4) is 0 Å². The largest absolute Gasteiger partial charge is 0.345 e. The van der Waals surface area contributed by atoms with Crippen LogP contribution in [0.3, 0.4) is 0 Å². The quantitative estimate of drug-likeness (QED) is 0.825. The van der Waals surface area contributed by atoms with Crippen LogP contribution in [0.4, 0.5) is 0 Å². The van der Waals surface area contributed by atoms with Gasteiger partial charge in [0.05, 0.1) is 10.4 Å². The molecule has 100 valence electrons. The monoisotopic (exact) mass is 357 g/mol. The van der Waals surface area contributed by atoms with E-state index in [-0.39, 0.29) is 11.9 Å². The maximum absolute atomic E-state index is 12.2. The molecule has 1 atom stereocenters. The number of hydrogen-bond donors (Lipinski definition) is 1. The van der Waals surface area contributed by atoms with E-state index in [1.54, 1.807) is 0 Å². The van der Waals surface area contributed by atoms with Gasteiger partial charge in [-0.2, -0.15) is 0 Å². The van der Waals surface area contributed by atoms with E-state index in [0.29, 0.717) is 5.56 Å². The Balaban J connectivity index is 2.15. The summed E-state index contributed by atoms with van der Waals surface area (Å²) in [6.07, 6.45) is 0. The van der Waals surface area contributed by atoms with E-state index in [1.807, 2.05) is 44.2 Å². The number of hydrogen-bond acceptors (Lipinski definition) is 2. The van der Waals surface area contributed by atoms with Gasteiger partial charge in [-0.1, -0.05) is 33.6 Å². The first kappa shape index (κ1) is 14.6. The van der Waals surface area contributed by atoms with Gasteiger partial charge in [0.2, 0.25) is 0 Å². The molecule has 1 N–H and O–H groups in total. The molecule has 2 nitrogen and oxygen atoms in total. The van der Waals surface area contributed by atoms with Crippen LogP contribution < -0.4 is 5.32 Å². The van der Waals surface area contributed by atoms with Crippen molar-refractivity contribution < 1.29 is 4.79 Å². The minimum absolute atomic E-state index is 0.0524. The molecule has 0 bridgehead atoms. The van der Waals surface area contributed by atoms with Crippen molar-refractivity contribution in [1.29, 1.82) is 0 Å². The molecule has 2 aromatic rings. The third-order valence-electron chi connectivity index (χ3n) is 2.81. The lowest BCUT2D eigenvalue weighted by Crippen LogP contribution is -2.26. The molecule has 1 amide bonds. The summed E-state index contributed by atoms with van der Waals surface area (Å²) in [6, 6.07) is 9.41. The highest BCUT2D eigenvalue weighted by atomic mass is 79.9. The highest BCUT2D eigenvalue weighted by Gasteiger charge is 2.15. The number of amides is 1. The molecule has 2 rings (SSSR count). The molecule has 1 heterocycles. The van der Waals surface area contributed by atoms with Gasteiger partial charge in [0.1, 0.15) is 0 Å². The molecule has 0 fully saturated rings. The van der Waals surface area contributed by atoms with Crippen LogP contribution in [-0.4, -0.2) is 5.91 Å². The van der Waals surface area contributed by atoms with Crippen LogP contribution in [0.25, 0.3) is 0 Å². The average Bonchev–Trinajstić information content (AvgIpc) is 2.79. The summed E-state index contributed by atoms with van der Waals surface area (Å²) in [5.74, 6) is -0.0733. The molecule has 0 spiro atoms. The fraction of sp³-hybridized carbons (Fsp3) is 0.214. The topological polar surface area (TPSA) is 29.1 Å². The molecule has 5 heteroatoms. The lowest BCUT2D eigenvalue weighted by molar-refractivity contribution is 0.0940. The fourth-order valence-corrected chi connectivity index (χ4v) is 3.17. The Bertz CT molecular complexity index is 611. The number of aryl methyl sites for hydroxylation is 1. The summed E-state index contributed by atoms with van der Waals surface area (Å²) in [6.45, 7) is 3.88. The van der Waals surface area contributed by atoms with E-state index in [2.05, 4.69) is 21.2 Å². The molecule has 19 heavy (non-hydrogen) atoms. The third kappa shape index (κ3) is 3.59. The minimum Gasteiger partial charge on any atom is -0.345 e. The number of carbonyl (C=O) groups excluding carboxylic acids is 1. The SMILES string of the molecule is Cc1ccc(Br)cc1C(=O)NC(C)c1ccc(Cl)s1. The Labute approximate surface area is 129 Å². The van der Waals surface area contributed by atoms with Crippen molar-refractivity contribution in [3.05, 3.63) is 55.1 Å². The maximum Gasteiger partial charge on any atom is 0.252 e. The fourth-order valence-electron chi connectivity index (χ4n) is 1.75. The number of carbonyl (C=O) groups is 1. The Kier molecular flexibility index (Phi) is 4.66.